The summed E-state index contributed by atoms with van der Waals surface area (Å²) in [7, 11) is 1.86. The number of aryl methyl sites for hydroxylation is 1. The van der Waals surface area contributed by atoms with Crippen LogP contribution in [-0.4, -0.2) is 30.3 Å². The van der Waals surface area contributed by atoms with Crippen LogP contribution >= 0.6 is 0 Å². The summed E-state index contributed by atoms with van der Waals surface area (Å²) in [5.41, 5.74) is 1.53. The number of nitrogens with zero attached hydrogens (tertiary/aromatic N) is 4. The SMILES string of the molecule is Cn1cc2cc(/C=N/[S+]([O-])C(C)(C)C)ncc2n1. The van der Waals surface area contributed by atoms with E-state index in [2.05, 4.69) is 14.5 Å². The summed E-state index contributed by atoms with van der Waals surface area (Å²) in [5, 5.41) is 5.23. The second kappa shape index (κ2) is 4.70. The molecule has 0 saturated carbocycles. The predicted molar refractivity (Wildman–Crippen MR) is 74.0 cm³/mol. The van der Waals surface area contributed by atoms with E-state index in [1.165, 1.54) is 0 Å². The Balaban J connectivity index is 2.24. The Bertz CT molecular complexity index is 585. The van der Waals surface area contributed by atoms with Gasteiger partial charge in [0.1, 0.15) is 27.8 Å². The highest BCUT2D eigenvalue weighted by molar-refractivity contribution is 7.91. The first-order valence-corrected chi connectivity index (χ1v) is 6.72. The van der Waals surface area contributed by atoms with Gasteiger partial charge in [0.2, 0.25) is 0 Å². The molecular formula is C12H16N4OS. The van der Waals surface area contributed by atoms with Gasteiger partial charge in [-0.05, 0) is 26.8 Å². The van der Waals surface area contributed by atoms with Crippen LogP contribution in [0.5, 0.6) is 0 Å². The molecule has 1 atom stereocenters. The molecule has 0 radical (unpaired) electrons. The van der Waals surface area contributed by atoms with Crippen molar-refractivity contribution in [1.29, 1.82) is 0 Å². The molecule has 0 bridgehead atoms. The van der Waals surface area contributed by atoms with Crippen LogP contribution < -0.4 is 0 Å². The van der Waals surface area contributed by atoms with Crippen molar-refractivity contribution in [2.75, 3.05) is 0 Å². The number of hydrogen-bond donors (Lipinski definition) is 0. The van der Waals surface area contributed by atoms with Gasteiger partial charge in [-0.25, -0.2) is 0 Å². The molecule has 0 aliphatic rings. The van der Waals surface area contributed by atoms with Gasteiger partial charge in [-0.2, -0.15) is 5.10 Å². The van der Waals surface area contributed by atoms with Crippen molar-refractivity contribution in [3.63, 3.8) is 0 Å². The molecule has 0 fully saturated rings. The summed E-state index contributed by atoms with van der Waals surface area (Å²) < 4.78 is 17.2. The fraction of sp³-hybridized carbons (Fsp3) is 0.417. The third-order valence-corrected chi connectivity index (χ3v) is 3.68. The van der Waals surface area contributed by atoms with Gasteiger partial charge in [0.15, 0.2) is 0 Å². The Kier molecular flexibility index (Phi) is 3.41. The van der Waals surface area contributed by atoms with E-state index in [1.807, 2.05) is 40.1 Å². The average Bonchev–Trinajstić information content (AvgIpc) is 2.63. The number of rotatable bonds is 2. The molecule has 6 heteroatoms. The lowest BCUT2D eigenvalue weighted by Crippen LogP contribution is -2.25. The Labute approximate surface area is 109 Å². The third-order valence-electron chi connectivity index (χ3n) is 2.33. The van der Waals surface area contributed by atoms with Crippen LogP contribution in [0.1, 0.15) is 26.5 Å². The van der Waals surface area contributed by atoms with Gasteiger partial charge < -0.3 is 4.55 Å². The number of pyridine rings is 1. The average molecular weight is 264 g/mol. The maximum atomic E-state index is 11.8. The number of hydrogen-bond acceptors (Lipinski definition) is 4. The molecule has 1 unspecified atom stereocenters. The fourth-order valence-corrected chi connectivity index (χ4v) is 1.92. The van der Waals surface area contributed by atoms with Crippen LogP contribution in [0.4, 0.5) is 0 Å². The van der Waals surface area contributed by atoms with E-state index in [-0.39, 0.29) is 4.75 Å². The molecule has 0 N–H and O–H groups in total. The summed E-state index contributed by atoms with van der Waals surface area (Å²) in [6, 6.07) is 1.88. The second-order valence-corrected chi connectivity index (χ2v) is 7.00. The lowest BCUT2D eigenvalue weighted by atomic mass is 10.3. The largest absolute Gasteiger partial charge is 0.591 e. The van der Waals surface area contributed by atoms with Crippen LogP contribution in [-0.2, 0) is 18.4 Å². The van der Waals surface area contributed by atoms with E-state index in [0.29, 0.717) is 5.69 Å². The molecule has 2 aromatic rings. The quantitative estimate of drug-likeness (QED) is 0.614. The zero-order valence-electron chi connectivity index (χ0n) is 10.9. The van der Waals surface area contributed by atoms with E-state index < -0.39 is 11.4 Å². The first-order valence-electron chi connectivity index (χ1n) is 5.62. The van der Waals surface area contributed by atoms with Crippen LogP contribution in [0.15, 0.2) is 22.9 Å². The molecule has 2 heterocycles. The molecule has 0 aliphatic carbocycles. The summed E-state index contributed by atoms with van der Waals surface area (Å²) in [6.07, 6.45) is 5.15. The van der Waals surface area contributed by atoms with Gasteiger partial charge >= 0.3 is 0 Å². The van der Waals surface area contributed by atoms with Crippen LogP contribution in [0.25, 0.3) is 10.9 Å². The van der Waals surface area contributed by atoms with Crippen molar-refractivity contribution in [1.82, 2.24) is 14.8 Å². The fourth-order valence-electron chi connectivity index (χ4n) is 1.40. The summed E-state index contributed by atoms with van der Waals surface area (Å²) in [5.74, 6) is 0. The third kappa shape index (κ3) is 2.88. The first-order chi connectivity index (χ1) is 8.36. The van der Waals surface area contributed by atoms with Gasteiger partial charge in [0.25, 0.3) is 0 Å². The molecule has 0 amide bonds. The van der Waals surface area contributed by atoms with Crippen molar-refractivity contribution in [2.24, 2.45) is 11.4 Å². The van der Waals surface area contributed by atoms with Gasteiger partial charge in [-0.15, -0.1) is 0 Å². The highest BCUT2D eigenvalue weighted by Gasteiger charge is 2.25. The van der Waals surface area contributed by atoms with Crippen molar-refractivity contribution in [3.05, 3.63) is 24.2 Å². The molecule has 18 heavy (non-hydrogen) atoms. The minimum absolute atomic E-state index is 0.352. The van der Waals surface area contributed by atoms with E-state index in [9.17, 15) is 4.55 Å². The molecule has 0 aliphatic heterocycles. The molecule has 0 spiro atoms. The maximum absolute atomic E-state index is 11.8. The second-order valence-electron chi connectivity index (χ2n) is 5.07. The Hall–Kier alpha value is -1.40. The van der Waals surface area contributed by atoms with Crippen molar-refractivity contribution >= 4 is 28.5 Å². The number of aromatic nitrogens is 3. The minimum Gasteiger partial charge on any atom is -0.591 e. The highest BCUT2D eigenvalue weighted by Crippen LogP contribution is 2.17. The lowest BCUT2D eigenvalue weighted by Gasteiger charge is -2.17. The van der Waals surface area contributed by atoms with Crippen molar-refractivity contribution in [2.45, 2.75) is 25.5 Å². The maximum Gasteiger partial charge on any atom is 0.144 e. The smallest absolute Gasteiger partial charge is 0.144 e. The zero-order valence-corrected chi connectivity index (χ0v) is 11.7. The Morgan fingerprint density at radius 2 is 2.17 bits per heavy atom. The monoisotopic (exact) mass is 264 g/mol. The van der Waals surface area contributed by atoms with Gasteiger partial charge in [-0.1, -0.05) is 4.40 Å². The van der Waals surface area contributed by atoms with Crippen LogP contribution in [0.2, 0.25) is 0 Å². The lowest BCUT2D eigenvalue weighted by molar-refractivity contribution is 0.562. The topological polar surface area (TPSA) is 66.1 Å². The molecule has 0 saturated heterocycles. The predicted octanol–water partition coefficient (Wildman–Crippen LogP) is 1.85. The molecule has 0 aromatic carbocycles. The van der Waals surface area contributed by atoms with E-state index in [0.717, 1.165) is 10.9 Å². The number of fused-ring (bicyclic) bond motifs is 1. The molecule has 5 nitrogen and oxygen atoms in total. The van der Waals surface area contributed by atoms with Crippen LogP contribution in [0, 0.1) is 0 Å². The molecule has 96 valence electrons. The van der Waals surface area contributed by atoms with E-state index in [1.54, 1.807) is 17.1 Å². The Morgan fingerprint density at radius 1 is 1.44 bits per heavy atom. The highest BCUT2D eigenvalue weighted by atomic mass is 32.2. The molecular weight excluding hydrogens is 248 g/mol. The summed E-state index contributed by atoms with van der Waals surface area (Å²) >= 11 is -1.26. The van der Waals surface area contributed by atoms with Gasteiger partial charge in [0.05, 0.1) is 11.9 Å². The minimum atomic E-state index is -1.26. The van der Waals surface area contributed by atoms with Crippen molar-refractivity contribution < 1.29 is 4.55 Å². The standard InChI is InChI=1S/C12H16N4OS/c1-12(2,3)18(17)14-6-10-5-9-8-16(4)15-11(9)7-13-10/h5-8H,1-4H3/b14-6+. The normalized spacial score (nSPS) is 14.5. The summed E-state index contributed by atoms with van der Waals surface area (Å²) in [6.45, 7) is 5.66. The van der Waals surface area contributed by atoms with E-state index in [4.69, 9.17) is 0 Å². The van der Waals surface area contributed by atoms with E-state index >= 15 is 0 Å². The Morgan fingerprint density at radius 3 is 2.83 bits per heavy atom. The van der Waals surface area contributed by atoms with Crippen molar-refractivity contribution in [3.8, 4) is 0 Å². The first kappa shape index (κ1) is 13.0. The molecule has 2 aromatic heterocycles. The van der Waals surface area contributed by atoms with Gasteiger partial charge in [-0.3, -0.25) is 9.67 Å². The molecule has 2 rings (SSSR count). The van der Waals surface area contributed by atoms with Crippen LogP contribution in [0.3, 0.4) is 0 Å². The van der Waals surface area contributed by atoms with Gasteiger partial charge in [0, 0.05) is 18.6 Å². The summed E-state index contributed by atoms with van der Waals surface area (Å²) in [4.78, 5) is 4.21. The zero-order chi connectivity index (χ0) is 13.3.